The molecule has 1 aliphatic rings. The molecule has 0 aromatic carbocycles. The predicted molar refractivity (Wildman–Crippen MR) is 199 cm³/mol. The molecule has 0 saturated carbocycles. The first kappa shape index (κ1) is 44.4. The highest BCUT2D eigenvalue weighted by Crippen LogP contribution is 2.62. The zero-order valence-corrected chi connectivity index (χ0v) is 34.2. The van der Waals surface area contributed by atoms with Crippen LogP contribution < -0.4 is 0 Å². The maximum atomic E-state index is 13.3. The van der Waals surface area contributed by atoms with E-state index in [0.29, 0.717) is 0 Å². The molecule has 6 unspecified atom stereocenters. The summed E-state index contributed by atoms with van der Waals surface area (Å²) in [6.45, 7) is 33.7. The standard InChI is InChI=1S/C42H82O5/c1-16-28-36-46-33(39(15,20-5)21-6)29-34(47-36)41(24-9,25-10)42(26-11,27-12)37(44)32(17-2)40(22-7,23-8)35(45-31(13)43)30-38(14,18-3)19-4/h32-37,44H,16-30H2,1-15H3. The second-order valence-corrected chi connectivity index (χ2v) is 16.0. The number of hydrogen-bond donors (Lipinski definition) is 1. The average Bonchev–Trinajstić information content (AvgIpc) is 3.08. The molecule has 1 fully saturated rings. The Morgan fingerprint density at radius 1 is 0.745 bits per heavy atom. The molecular formula is C42H82O5. The maximum Gasteiger partial charge on any atom is 0.302 e. The van der Waals surface area contributed by atoms with Crippen molar-refractivity contribution >= 4 is 5.97 Å². The van der Waals surface area contributed by atoms with Crippen molar-refractivity contribution in [2.24, 2.45) is 33.0 Å². The zero-order chi connectivity index (χ0) is 36.3. The summed E-state index contributed by atoms with van der Waals surface area (Å²) in [5.74, 6) is -0.247. The van der Waals surface area contributed by atoms with Crippen molar-refractivity contribution in [2.75, 3.05) is 0 Å². The number of carbonyl (C=O) groups is 1. The van der Waals surface area contributed by atoms with Gasteiger partial charge in [0.1, 0.15) is 6.10 Å². The van der Waals surface area contributed by atoms with E-state index in [2.05, 4.69) is 96.9 Å². The van der Waals surface area contributed by atoms with E-state index < -0.39 is 6.10 Å². The Kier molecular flexibility index (Phi) is 18.0. The molecule has 5 nitrogen and oxygen atoms in total. The van der Waals surface area contributed by atoms with Crippen LogP contribution in [0.1, 0.15) is 200 Å². The second kappa shape index (κ2) is 19.1. The van der Waals surface area contributed by atoms with Crippen LogP contribution >= 0.6 is 0 Å². The second-order valence-electron chi connectivity index (χ2n) is 16.0. The topological polar surface area (TPSA) is 65.0 Å². The van der Waals surface area contributed by atoms with Gasteiger partial charge in [-0.2, -0.15) is 0 Å². The lowest BCUT2D eigenvalue weighted by Gasteiger charge is -2.61. The SMILES string of the molecule is CCCC1OC(C(C)(CC)CC)CC(C(CC)(CC)C(CC)(CC)C(O)C(CC)C(CC)(CC)C(CC(C)(CC)CC)OC(C)=O)O1. The number of hydrogen-bond acceptors (Lipinski definition) is 5. The van der Waals surface area contributed by atoms with E-state index in [9.17, 15) is 9.90 Å². The Hall–Kier alpha value is -0.650. The lowest BCUT2D eigenvalue weighted by Crippen LogP contribution is -2.63. The molecule has 6 atom stereocenters. The van der Waals surface area contributed by atoms with Gasteiger partial charge in [0, 0.05) is 29.6 Å². The first-order chi connectivity index (χ1) is 22.1. The average molecular weight is 667 g/mol. The van der Waals surface area contributed by atoms with E-state index in [1.54, 1.807) is 6.92 Å². The summed E-state index contributed by atoms with van der Waals surface area (Å²) in [6, 6.07) is 0. The van der Waals surface area contributed by atoms with Gasteiger partial charge in [0.15, 0.2) is 6.29 Å². The van der Waals surface area contributed by atoms with Gasteiger partial charge in [0.25, 0.3) is 0 Å². The fourth-order valence-corrected chi connectivity index (χ4v) is 10.3. The quantitative estimate of drug-likeness (QED) is 0.110. The first-order valence-corrected chi connectivity index (χ1v) is 20.3. The number of aliphatic hydroxyl groups excluding tert-OH is 1. The van der Waals surface area contributed by atoms with Gasteiger partial charge < -0.3 is 19.3 Å². The minimum absolute atomic E-state index is 0.0114. The summed E-state index contributed by atoms with van der Waals surface area (Å²) < 4.78 is 20.3. The van der Waals surface area contributed by atoms with Gasteiger partial charge in [-0.1, -0.05) is 123 Å². The molecule has 47 heavy (non-hydrogen) atoms. The summed E-state index contributed by atoms with van der Waals surface area (Å²) in [6.07, 6.45) is 13.0. The van der Waals surface area contributed by atoms with Gasteiger partial charge in [-0.3, -0.25) is 4.79 Å². The molecule has 0 aromatic rings. The molecule has 1 N–H and O–H groups in total. The third-order valence-electron chi connectivity index (χ3n) is 14.9. The largest absolute Gasteiger partial charge is 0.462 e. The maximum absolute atomic E-state index is 13.3. The summed E-state index contributed by atoms with van der Waals surface area (Å²) in [7, 11) is 0. The lowest BCUT2D eigenvalue weighted by molar-refractivity contribution is -0.311. The van der Waals surface area contributed by atoms with Crippen molar-refractivity contribution in [2.45, 2.75) is 231 Å². The van der Waals surface area contributed by atoms with Gasteiger partial charge in [0.05, 0.1) is 18.3 Å². The number of ether oxygens (including phenoxy) is 3. The molecule has 0 amide bonds. The van der Waals surface area contributed by atoms with Crippen LogP contribution in [0.25, 0.3) is 0 Å². The minimum Gasteiger partial charge on any atom is -0.462 e. The molecule has 1 heterocycles. The van der Waals surface area contributed by atoms with Crippen LogP contribution in [0.5, 0.6) is 0 Å². The first-order valence-electron chi connectivity index (χ1n) is 20.3. The molecule has 0 radical (unpaired) electrons. The van der Waals surface area contributed by atoms with E-state index in [1.165, 1.54) is 0 Å². The predicted octanol–water partition coefficient (Wildman–Crippen LogP) is 12.1. The van der Waals surface area contributed by atoms with Crippen molar-refractivity contribution in [1.82, 2.24) is 0 Å². The van der Waals surface area contributed by atoms with E-state index in [4.69, 9.17) is 14.2 Å². The Morgan fingerprint density at radius 3 is 1.62 bits per heavy atom. The van der Waals surface area contributed by atoms with Gasteiger partial charge in [-0.15, -0.1) is 0 Å². The van der Waals surface area contributed by atoms with Crippen LogP contribution in [0, 0.1) is 33.0 Å². The van der Waals surface area contributed by atoms with Gasteiger partial charge in [-0.25, -0.2) is 0 Å². The summed E-state index contributed by atoms with van der Waals surface area (Å²) in [5.41, 5.74) is -0.835. The molecule has 1 rings (SSSR count). The van der Waals surface area contributed by atoms with Crippen LogP contribution in [0.15, 0.2) is 0 Å². The molecule has 5 heteroatoms. The minimum atomic E-state index is -0.576. The highest BCUT2D eigenvalue weighted by Gasteiger charge is 2.62. The van der Waals surface area contributed by atoms with Gasteiger partial charge in [-0.05, 0) is 81.0 Å². The van der Waals surface area contributed by atoms with Crippen molar-refractivity contribution in [3.8, 4) is 0 Å². The normalized spacial score (nSPS) is 22.2. The Labute approximate surface area is 293 Å². The number of rotatable bonds is 23. The third-order valence-corrected chi connectivity index (χ3v) is 14.9. The smallest absolute Gasteiger partial charge is 0.302 e. The van der Waals surface area contributed by atoms with Crippen molar-refractivity contribution in [1.29, 1.82) is 0 Å². The van der Waals surface area contributed by atoms with Crippen LogP contribution in [0.2, 0.25) is 0 Å². The number of esters is 1. The van der Waals surface area contributed by atoms with Crippen LogP contribution in [-0.4, -0.2) is 41.8 Å². The van der Waals surface area contributed by atoms with Gasteiger partial charge >= 0.3 is 5.97 Å². The van der Waals surface area contributed by atoms with Crippen molar-refractivity contribution < 1.29 is 24.1 Å². The fourth-order valence-electron chi connectivity index (χ4n) is 10.3. The highest BCUT2D eigenvalue weighted by molar-refractivity contribution is 5.66. The third kappa shape index (κ3) is 8.81. The molecule has 1 aliphatic heterocycles. The highest BCUT2D eigenvalue weighted by atomic mass is 16.7. The lowest BCUT2D eigenvalue weighted by atomic mass is 9.47. The van der Waals surface area contributed by atoms with Crippen LogP contribution in [0.4, 0.5) is 0 Å². The van der Waals surface area contributed by atoms with Crippen LogP contribution in [0.3, 0.4) is 0 Å². The molecule has 0 spiro atoms. The molecule has 0 bridgehead atoms. The molecule has 1 saturated heterocycles. The van der Waals surface area contributed by atoms with E-state index in [-0.39, 0.29) is 63.6 Å². The molecule has 280 valence electrons. The summed E-state index contributed by atoms with van der Waals surface area (Å²) in [5, 5.41) is 13.3. The number of aliphatic hydroxyl groups is 1. The Morgan fingerprint density at radius 2 is 1.26 bits per heavy atom. The molecular weight excluding hydrogens is 584 g/mol. The van der Waals surface area contributed by atoms with Crippen molar-refractivity contribution in [3.63, 3.8) is 0 Å². The fraction of sp³-hybridized carbons (Fsp3) is 0.976. The molecule has 0 aromatic heterocycles. The summed E-state index contributed by atoms with van der Waals surface area (Å²) in [4.78, 5) is 12.8. The number of carbonyl (C=O) groups excluding carboxylic acids is 1. The van der Waals surface area contributed by atoms with E-state index in [0.717, 1.165) is 96.3 Å². The monoisotopic (exact) mass is 667 g/mol. The van der Waals surface area contributed by atoms with Gasteiger partial charge in [0.2, 0.25) is 0 Å². The Bertz CT molecular complexity index is 877. The van der Waals surface area contributed by atoms with E-state index >= 15 is 0 Å². The zero-order valence-electron chi connectivity index (χ0n) is 34.2. The summed E-state index contributed by atoms with van der Waals surface area (Å²) >= 11 is 0. The van der Waals surface area contributed by atoms with E-state index in [1.807, 2.05) is 0 Å². The van der Waals surface area contributed by atoms with Crippen molar-refractivity contribution in [3.05, 3.63) is 0 Å². The molecule has 0 aliphatic carbocycles. The Balaban J connectivity index is 4.01. The van der Waals surface area contributed by atoms with Crippen LogP contribution in [-0.2, 0) is 19.0 Å².